The van der Waals surface area contributed by atoms with Crippen molar-refractivity contribution in [2.24, 2.45) is 0 Å². The molecule has 27 heavy (non-hydrogen) atoms. The van der Waals surface area contributed by atoms with Gasteiger partial charge in [0.05, 0.1) is 19.6 Å². The van der Waals surface area contributed by atoms with Crippen LogP contribution in [0.1, 0.15) is 32.6 Å². The fourth-order valence-electron chi connectivity index (χ4n) is 4.05. The van der Waals surface area contributed by atoms with Crippen LogP contribution in [0.25, 0.3) is 11.1 Å². The highest BCUT2D eigenvalue weighted by molar-refractivity contribution is 5.63. The highest BCUT2D eigenvalue weighted by Crippen LogP contribution is 2.23. The maximum Gasteiger partial charge on any atom is 0.137 e. The van der Waals surface area contributed by atoms with Crippen LogP contribution in [0.15, 0.2) is 54.6 Å². The van der Waals surface area contributed by atoms with Gasteiger partial charge in [-0.05, 0) is 55.9 Å². The van der Waals surface area contributed by atoms with Gasteiger partial charge in [0.1, 0.15) is 25.0 Å². The van der Waals surface area contributed by atoms with E-state index >= 15 is 0 Å². The van der Waals surface area contributed by atoms with E-state index in [4.69, 9.17) is 4.74 Å². The van der Waals surface area contributed by atoms with Crippen molar-refractivity contribution in [2.75, 3.05) is 32.8 Å². The van der Waals surface area contributed by atoms with E-state index in [0.717, 1.165) is 23.3 Å². The third kappa shape index (κ3) is 6.47. The van der Waals surface area contributed by atoms with E-state index in [-0.39, 0.29) is 24.0 Å². The molecule has 0 saturated carbocycles. The number of hydrogen-bond acceptors (Lipinski definition) is 2. The smallest absolute Gasteiger partial charge is 0.137 e. The van der Waals surface area contributed by atoms with E-state index in [9.17, 15) is 5.11 Å². The molecular formula is C23H32INO2. The molecule has 1 N–H and O–H groups in total. The van der Waals surface area contributed by atoms with Crippen molar-refractivity contribution in [2.45, 2.75) is 38.7 Å². The molecule has 1 atom stereocenters. The Balaban J connectivity index is 0.00000261. The number of aliphatic hydroxyl groups excluding tert-OH is 1. The molecule has 2 aromatic carbocycles. The van der Waals surface area contributed by atoms with Crippen LogP contribution >= 0.6 is 0 Å². The molecule has 1 aliphatic heterocycles. The van der Waals surface area contributed by atoms with Gasteiger partial charge in [-0.1, -0.05) is 42.5 Å². The van der Waals surface area contributed by atoms with Crippen LogP contribution < -0.4 is 28.7 Å². The largest absolute Gasteiger partial charge is 1.00 e. The van der Waals surface area contributed by atoms with Crippen molar-refractivity contribution in [1.82, 2.24) is 0 Å². The molecule has 0 aromatic heterocycles. The zero-order valence-corrected chi connectivity index (χ0v) is 18.5. The number of nitrogens with zero attached hydrogens (tertiary/aromatic N) is 1. The standard InChI is InChI=1S/C23H32NO2.HI/c1-2-24(16-8-3-4-9-17-24)18-22(25)19-26-23-14-12-21(13-15-23)20-10-6-5-7-11-20;/h5-7,10-15,22,25H,2-4,8-9,16-19H2,1H3;1H/q+1;/p-1. The van der Waals surface area contributed by atoms with Crippen molar-refractivity contribution in [3.05, 3.63) is 54.6 Å². The first-order chi connectivity index (χ1) is 12.7. The first kappa shape index (κ1) is 22.2. The SMILES string of the molecule is CC[N+]1(CC(O)COc2ccc(-c3ccccc3)cc2)CCCCCC1.[I-]. The van der Waals surface area contributed by atoms with Gasteiger partial charge in [0, 0.05) is 0 Å². The van der Waals surface area contributed by atoms with Gasteiger partial charge in [-0.2, -0.15) is 0 Å². The molecule has 3 rings (SSSR count). The van der Waals surface area contributed by atoms with Crippen molar-refractivity contribution in [1.29, 1.82) is 0 Å². The second-order valence-corrected chi connectivity index (χ2v) is 7.56. The zero-order valence-electron chi connectivity index (χ0n) is 16.3. The Bertz CT molecular complexity index is 652. The van der Waals surface area contributed by atoms with Gasteiger partial charge in [-0.25, -0.2) is 0 Å². The number of ether oxygens (including phenoxy) is 1. The Kier molecular flexibility index (Phi) is 9.06. The monoisotopic (exact) mass is 481 g/mol. The van der Waals surface area contributed by atoms with E-state index in [1.165, 1.54) is 49.9 Å². The zero-order chi connectivity index (χ0) is 18.2. The molecule has 0 radical (unpaired) electrons. The maximum atomic E-state index is 10.5. The fraction of sp³-hybridized carbons (Fsp3) is 0.478. The summed E-state index contributed by atoms with van der Waals surface area (Å²) in [7, 11) is 0. The quantitative estimate of drug-likeness (QED) is 0.480. The van der Waals surface area contributed by atoms with Crippen molar-refractivity contribution in [3.8, 4) is 16.9 Å². The molecule has 2 aromatic rings. The number of aliphatic hydroxyl groups is 1. The van der Waals surface area contributed by atoms with Gasteiger partial charge in [0.15, 0.2) is 0 Å². The Morgan fingerprint density at radius 1 is 0.889 bits per heavy atom. The molecule has 0 amide bonds. The average Bonchev–Trinajstić information content (AvgIpc) is 2.93. The predicted molar refractivity (Wildman–Crippen MR) is 107 cm³/mol. The lowest BCUT2D eigenvalue weighted by atomic mass is 10.1. The summed E-state index contributed by atoms with van der Waals surface area (Å²) in [6.07, 6.45) is 4.81. The minimum absolute atomic E-state index is 0. The second kappa shape index (κ2) is 11.0. The van der Waals surface area contributed by atoms with Gasteiger partial charge in [-0.15, -0.1) is 0 Å². The number of halogens is 1. The molecule has 1 saturated heterocycles. The lowest BCUT2D eigenvalue weighted by Crippen LogP contribution is -3.00. The van der Waals surface area contributed by atoms with E-state index < -0.39 is 6.10 Å². The van der Waals surface area contributed by atoms with Gasteiger partial charge in [-0.3, -0.25) is 0 Å². The van der Waals surface area contributed by atoms with Gasteiger partial charge < -0.3 is 38.3 Å². The van der Waals surface area contributed by atoms with E-state index in [0.29, 0.717) is 6.61 Å². The predicted octanol–water partition coefficient (Wildman–Crippen LogP) is 1.51. The lowest BCUT2D eigenvalue weighted by Gasteiger charge is -2.38. The van der Waals surface area contributed by atoms with Crippen LogP contribution in [-0.4, -0.2) is 48.5 Å². The Morgan fingerprint density at radius 3 is 2.07 bits per heavy atom. The summed E-state index contributed by atoms with van der Waals surface area (Å²) in [6.45, 7) is 6.91. The number of hydrogen-bond donors (Lipinski definition) is 1. The number of benzene rings is 2. The van der Waals surface area contributed by atoms with Crippen molar-refractivity contribution < 1.29 is 38.3 Å². The molecule has 1 unspecified atom stereocenters. The molecule has 1 fully saturated rings. The van der Waals surface area contributed by atoms with Gasteiger partial charge in [0.25, 0.3) is 0 Å². The minimum atomic E-state index is -0.415. The van der Waals surface area contributed by atoms with Crippen molar-refractivity contribution >= 4 is 0 Å². The first-order valence-corrected chi connectivity index (χ1v) is 10.0. The van der Waals surface area contributed by atoms with Crippen LogP contribution in [0.4, 0.5) is 0 Å². The first-order valence-electron chi connectivity index (χ1n) is 10.0. The number of likely N-dealkylation sites (tertiary alicyclic amines) is 1. The van der Waals surface area contributed by atoms with Crippen LogP contribution in [0.5, 0.6) is 5.75 Å². The van der Waals surface area contributed by atoms with Crippen LogP contribution in [0, 0.1) is 0 Å². The highest BCUT2D eigenvalue weighted by atomic mass is 127. The number of quaternary nitrogens is 1. The molecule has 0 spiro atoms. The van der Waals surface area contributed by atoms with Gasteiger partial charge >= 0.3 is 0 Å². The normalized spacial score (nSPS) is 17.4. The molecule has 3 nitrogen and oxygen atoms in total. The summed E-state index contributed by atoms with van der Waals surface area (Å²) in [5.74, 6) is 0.822. The van der Waals surface area contributed by atoms with E-state index in [1.54, 1.807) is 0 Å². The molecule has 148 valence electrons. The summed E-state index contributed by atoms with van der Waals surface area (Å²) in [5.41, 5.74) is 2.38. The minimum Gasteiger partial charge on any atom is -1.00 e. The molecule has 1 aliphatic rings. The average molecular weight is 481 g/mol. The van der Waals surface area contributed by atoms with Crippen molar-refractivity contribution in [3.63, 3.8) is 0 Å². The second-order valence-electron chi connectivity index (χ2n) is 7.56. The Labute approximate surface area is 181 Å². The van der Waals surface area contributed by atoms with E-state index in [1.807, 2.05) is 30.3 Å². The van der Waals surface area contributed by atoms with Gasteiger partial charge in [0.2, 0.25) is 0 Å². The topological polar surface area (TPSA) is 29.5 Å². The Morgan fingerprint density at radius 2 is 1.48 bits per heavy atom. The lowest BCUT2D eigenvalue weighted by molar-refractivity contribution is -0.928. The third-order valence-electron chi connectivity index (χ3n) is 5.69. The molecule has 4 heteroatoms. The summed E-state index contributed by atoms with van der Waals surface area (Å²) < 4.78 is 6.90. The maximum absolute atomic E-state index is 10.5. The summed E-state index contributed by atoms with van der Waals surface area (Å²) in [5, 5.41) is 10.5. The summed E-state index contributed by atoms with van der Waals surface area (Å²) in [4.78, 5) is 0. The third-order valence-corrected chi connectivity index (χ3v) is 5.69. The molecule has 0 bridgehead atoms. The number of rotatable bonds is 7. The fourth-order valence-corrected chi connectivity index (χ4v) is 4.05. The highest BCUT2D eigenvalue weighted by Gasteiger charge is 2.29. The molecule has 1 heterocycles. The van der Waals surface area contributed by atoms with Crippen LogP contribution in [0.3, 0.4) is 0 Å². The Hall–Kier alpha value is -1.11. The summed E-state index contributed by atoms with van der Waals surface area (Å²) in [6, 6.07) is 18.5. The molecule has 0 aliphatic carbocycles. The summed E-state index contributed by atoms with van der Waals surface area (Å²) >= 11 is 0. The van der Waals surface area contributed by atoms with Crippen LogP contribution in [-0.2, 0) is 0 Å². The number of likely N-dealkylation sites (N-methyl/N-ethyl adjacent to an activating group) is 1. The molecular weight excluding hydrogens is 449 g/mol. The van der Waals surface area contributed by atoms with Crippen LogP contribution in [0.2, 0.25) is 0 Å². The van der Waals surface area contributed by atoms with E-state index in [2.05, 4.69) is 31.2 Å².